The van der Waals surface area contributed by atoms with Gasteiger partial charge in [-0.1, -0.05) is 42.0 Å². The lowest BCUT2D eigenvalue weighted by molar-refractivity contribution is -0.127. The summed E-state index contributed by atoms with van der Waals surface area (Å²) in [5, 5.41) is 3.27. The zero-order valence-corrected chi connectivity index (χ0v) is 16.5. The molecule has 1 saturated heterocycles. The van der Waals surface area contributed by atoms with Gasteiger partial charge in [0, 0.05) is 30.6 Å². The van der Waals surface area contributed by atoms with E-state index in [1.165, 1.54) is 11.1 Å². The molecule has 28 heavy (non-hydrogen) atoms. The predicted octanol–water partition coefficient (Wildman–Crippen LogP) is 3.52. The van der Waals surface area contributed by atoms with Crippen molar-refractivity contribution in [2.45, 2.75) is 45.1 Å². The van der Waals surface area contributed by atoms with Crippen molar-refractivity contribution >= 4 is 11.8 Å². The molecule has 1 N–H and O–H groups in total. The first kappa shape index (κ1) is 18.7. The number of benzene rings is 2. The maximum absolute atomic E-state index is 12.7. The molecule has 0 radical (unpaired) electrons. The molecule has 0 spiro atoms. The molecular weight excluding hydrogens is 348 g/mol. The molecule has 2 aromatic carbocycles. The molecule has 1 fully saturated rings. The van der Waals surface area contributed by atoms with Crippen LogP contribution in [0, 0.1) is 12.8 Å². The van der Waals surface area contributed by atoms with Gasteiger partial charge in [0.2, 0.25) is 5.91 Å². The predicted molar refractivity (Wildman–Crippen MR) is 110 cm³/mol. The quantitative estimate of drug-likeness (QED) is 0.891. The van der Waals surface area contributed by atoms with Crippen LogP contribution in [0.25, 0.3) is 0 Å². The zero-order chi connectivity index (χ0) is 19.5. The Morgan fingerprint density at radius 1 is 0.929 bits per heavy atom. The van der Waals surface area contributed by atoms with Gasteiger partial charge in [-0.3, -0.25) is 9.59 Å². The van der Waals surface area contributed by atoms with E-state index in [9.17, 15) is 9.59 Å². The topological polar surface area (TPSA) is 49.4 Å². The van der Waals surface area contributed by atoms with E-state index in [0.717, 1.165) is 43.2 Å². The van der Waals surface area contributed by atoms with Gasteiger partial charge in [0.1, 0.15) is 0 Å². The molecule has 1 atom stereocenters. The zero-order valence-electron chi connectivity index (χ0n) is 16.5. The van der Waals surface area contributed by atoms with Gasteiger partial charge in [-0.2, -0.15) is 0 Å². The molecule has 4 nitrogen and oxygen atoms in total. The number of fused-ring (bicyclic) bond motifs is 1. The molecule has 146 valence electrons. The van der Waals surface area contributed by atoms with Gasteiger partial charge in [0.15, 0.2) is 0 Å². The van der Waals surface area contributed by atoms with Gasteiger partial charge in [-0.05, 0) is 62.3 Å². The average Bonchev–Trinajstić information content (AvgIpc) is 2.74. The first-order chi connectivity index (χ1) is 13.6. The van der Waals surface area contributed by atoms with Crippen LogP contribution in [-0.4, -0.2) is 35.8 Å². The summed E-state index contributed by atoms with van der Waals surface area (Å²) in [6, 6.07) is 16.5. The fraction of sp³-hybridized carbons (Fsp3) is 0.417. The summed E-state index contributed by atoms with van der Waals surface area (Å²) in [7, 11) is 0. The minimum Gasteiger partial charge on any atom is -0.353 e. The van der Waals surface area contributed by atoms with Crippen LogP contribution in [0.3, 0.4) is 0 Å². The minimum atomic E-state index is 0.0132. The van der Waals surface area contributed by atoms with Crippen molar-refractivity contribution in [3.63, 3.8) is 0 Å². The summed E-state index contributed by atoms with van der Waals surface area (Å²) in [6.45, 7) is 3.32. The first-order valence-corrected chi connectivity index (χ1v) is 10.3. The second-order valence-electron chi connectivity index (χ2n) is 8.15. The second-order valence-corrected chi connectivity index (χ2v) is 8.15. The normalized spacial score (nSPS) is 19.8. The molecular formula is C24H28N2O2. The standard InChI is InChI=1S/C24H28N2O2/c1-17-6-8-20(9-7-17)24(28)26-14-12-19(13-15-26)23(27)25-22-11-10-18-4-2-3-5-21(18)16-22/h2-9,19,22H,10-16H2,1H3,(H,25,27). The van der Waals surface area contributed by atoms with Crippen molar-refractivity contribution in [3.05, 3.63) is 70.8 Å². The highest BCUT2D eigenvalue weighted by atomic mass is 16.2. The summed E-state index contributed by atoms with van der Waals surface area (Å²) in [4.78, 5) is 27.3. The van der Waals surface area contributed by atoms with Crippen molar-refractivity contribution in [3.8, 4) is 0 Å². The number of nitrogens with zero attached hydrogens (tertiary/aromatic N) is 1. The van der Waals surface area contributed by atoms with Gasteiger partial charge < -0.3 is 10.2 Å². The lowest BCUT2D eigenvalue weighted by Crippen LogP contribution is -2.46. The molecule has 1 aliphatic heterocycles. The molecule has 4 rings (SSSR count). The van der Waals surface area contributed by atoms with Crippen LogP contribution < -0.4 is 5.32 Å². The van der Waals surface area contributed by atoms with Crippen LogP contribution in [0.5, 0.6) is 0 Å². The number of carbonyl (C=O) groups is 2. The van der Waals surface area contributed by atoms with Crippen LogP contribution in [0.15, 0.2) is 48.5 Å². The summed E-state index contributed by atoms with van der Waals surface area (Å²) in [5.41, 5.74) is 4.65. The molecule has 0 saturated carbocycles. The van der Waals surface area contributed by atoms with Gasteiger partial charge in [0.25, 0.3) is 5.91 Å². The number of hydrogen-bond acceptors (Lipinski definition) is 2. The van der Waals surface area contributed by atoms with Crippen molar-refractivity contribution in [2.75, 3.05) is 13.1 Å². The monoisotopic (exact) mass is 376 g/mol. The van der Waals surface area contributed by atoms with E-state index in [1.807, 2.05) is 36.1 Å². The van der Waals surface area contributed by atoms with E-state index in [4.69, 9.17) is 0 Å². The number of aryl methyl sites for hydroxylation is 2. The van der Waals surface area contributed by atoms with E-state index in [0.29, 0.717) is 13.1 Å². The van der Waals surface area contributed by atoms with Crippen LogP contribution in [0.1, 0.15) is 46.3 Å². The largest absolute Gasteiger partial charge is 0.353 e. The Hall–Kier alpha value is -2.62. The molecule has 1 heterocycles. The third-order valence-corrected chi connectivity index (χ3v) is 6.14. The number of hydrogen-bond donors (Lipinski definition) is 1. The van der Waals surface area contributed by atoms with Gasteiger partial charge in [-0.25, -0.2) is 0 Å². The third kappa shape index (κ3) is 4.11. The number of carbonyl (C=O) groups excluding carboxylic acids is 2. The minimum absolute atomic E-state index is 0.0132. The number of rotatable bonds is 3. The molecule has 1 unspecified atom stereocenters. The fourth-order valence-electron chi connectivity index (χ4n) is 4.36. The van der Waals surface area contributed by atoms with E-state index in [1.54, 1.807) is 0 Å². The second kappa shape index (κ2) is 8.17. The fourth-order valence-corrected chi connectivity index (χ4v) is 4.36. The Kier molecular flexibility index (Phi) is 5.47. The highest BCUT2D eigenvalue weighted by Crippen LogP contribution is 2.23. The van der Waals surface area contributed by atoms with Crippen molar-refractivity contribution < 1.29 is 9.59 Å². The summed E-state index contributed by atoms with van der Waals surface area (Å²) >= 11 is 0. The maximum atomic E-state index is 12.7. The van der Waals surface area contributed by atoms with E-state index in [2.05, 4.69) is 29.6 Å². The molecule has 2 aliphatic rings. The lowest BCUT2D eigenvalue weighted by atomic mass is 9.87. The van der Waals surface area contributed by atoms with Crippen LogP contribution in [0.2, 0.25) is 0 Å². The lowest BCUT2D eigenvalue weighted by Gasteiger charge is -2.33. The van der Waals surface area contributed by atoms with Crippen LogP contribution >= 0.6 is 0 Å². The number of piperidine rings is 1. The number of amides is 2. The molecule has 2 aromatic rings. The smallest absolute Gasteiger partial charge is 0.253 e. The Morgan fingerprint density at radius 3 is 2.32 bits per heavy atom. The van der Waals surface area contributed by atoms with Crippen LogP contribution in [0.4, 0.5) is 0 Å². The molecule has 4 heteroatoms. The Morgan fingerprint density at radius 2 is 1.61 bits per heavy atom. The molecule has 2 amide bonds. The number of likely N-dealkylation sites (tertiary alicyclic amines) is 1. The Labute approximate surface area is 166 Å². The van der Waals surface area contributed by atoms with Crippen LogP contribution in [-0.2, 0) is 17.6 Å². The highest BCUT2D eigenvalue weighted by molar-refractivity contribution is 5.94. The highest BCUT2D eigenvalue weighted by Gasteiger charge is 2.29. The summed E-state index contributed by atoms with van der Waals surface area (Å²) in [6.07, 6.45) is 4.45. The van der Waals surface area contributed by atoms with Crippen molar-refractivity contribution in [2.24, 2.45) is 5.92 Å². The summed E-state index contributed by atoms with van der Waals surface area (Å²) in [5.74, 6) is 0.244. The average molecular weight is 377 g/mol. The van der Waals surface area contributed by atoms with Gasteiger partial charge in [-0.15, -0.1) is 0 Å². The van der Waals surface area contributed by atoms with E-state index >= 15 is 0 Å². The first-order valence-electron chi connectivity index (χ1n) is 10.3. The molecule has 0 bridgehead atoms. The molecule has 0 aromatic heterocycles. The van der Waals surface area contributed by atoms with Crippen molar-refractivity contribution in [1.82, 2.24) is 10.2 Å². The van der Waals surface area contributed by atoms with E-state index < -0.39 is 0 Å². The Bertz CT molecular complexity index is 851. The molecule has 1 aliphatic carbocycles. The van der Waals surface area contributed by atoms with E-state index in [-0.39, 0.29) is 23.8 Å². The SMILES string of the molecule is Cc1ccc(C(=O)N2CCC(C(=O)NC3CCc4ccccc4C3)CC2)cc1. The number of nitrogens with one attached hydrogen (secondary N) is 1. The maximum Gasteiger partial charge on any atom is 0.253 e. The van der Waals surface area contributed by atoms with Gasteiger partial charge in [0.05, 0.1) is 0 Å². The third-order valence-electron chi connectivity index (χ3n) is 6.14. The van der Waals surface area contributed by atoms with Gasteiger partial charge >= 0.3 is 0 Å². The Balaban J connectivity index is 1.28. The van der Waals surface area contributed by atoms with Crippen molar-refractivity contribution in [1.29, 1.82) is 0 Å². The summed E-state index contributed by atoms with van der Waals surface area (Å²) < 4.78 is 0.